The second kappa shape index (κ2) is 7.92. The van der Waals surface area contributed by atoms with Crippen LogP contribution in [0.2, 0.25) is 0 Å². The molecule has 0 unspecified atom stereocenters. The van der Waals surface area contributed by atoms with Crippen molar-refractivity contribution in [3.8, 4) is 0 Å². The summed E-state index contributed by atoms with van der Waals surface area (Å²) in [6, 6.07) is 10.9. The first-order valence-corrected chi connectivity index (χ1v) is 8.77. The van der Waals surface area contributed by atoms with Gasteiger partial charge in [-0.2, -0.15) is 0 Å². The molecule has 25 heavy (non-hydrogen) atoms. The van der Waals surface area contributed by atoms with Crippen LogP contribution >= 0.6 is 0 Å². The smallest absolute Gasteiger partial charge is 0.270 e. The van der Waals surface area contributed by atoms with Gasteiger partial charge in [0.05, 0.1) is 0 Å². The van der Waals surface area contributed by atoms with Crippen LogP contribution in [-0.2, 0) is 0 Å². The van der Waals surface area contributed by atoms with Crippen LogP contribution in [0, 0.1) is 6.92 Å². The van der Waals surface area contributed by atoms with E-state index in [1.165, 1.54) is 12.6 Å². The van der Waals surface area contributed by atoms with E-state index < -0.39 is 0 Å². The van der Waals surface area contributed by atoms with Crippen molar-refractivity contribution in [2.45, 2.75) is 45.1 Å². The van der Waals surface area contributed by atoms with Crippen molar-refractivity contribution in [1.29, 1.82) is 0 Å². The minimum Gasteiger partial charge on any atom is -0.348 e. The Morgan fingerprint density at radius 1 is 1.00 bits per heavy atom. The van der Waals surface area contributed by atoms with Crippen LogP contribution in [0.5, 0.6) is 0 Å². The molecule has 1 aliphatic carbocycles. The van der Waals surface area contributed by atoms with Gasteiger partial charge in [-0.3, -0.25) is 14.6 Å². The van der Waals surface area contributed by atoms with Gasteiger partial charge in [0.15, 0.2) is 0 Å². The topological polar surface area (TPSA) is 71.1 Å². The van der Waals surface area contributed by atoms with Gasteiger partial charge in [-0.1, -0.05) is 37.0 Å². The lowest BCUT2D eigenvalue weighted by molar-refractivity contribution is 0.0922. The van der Waals surface area contributed by atoms with Crippen LogP contribution < -0.4 is 10.6 Å². The number of carbonyl (C=O) groups is 2. The van der Waals surface area contributed by atoms with Crippen molar-refractivity contribution in [2.75, 3.05) is 5.32 Å². The predicted molar refractivity (Wildman–Crippen MR) is 97.7 cm³/mol. The molecule has 5 heteroatoms. The highest BCUT2D eigenvalue weighted by molar-refractivity contribution is 6.05. The molecule has 2 amide bonds. The molecule has 0 spiro atoms. The lowest BCUT2D eigenvalue weighted by atomic mass is 9.95. The number of amides is 2. The van der Waals surface area contributed by atoms with E-state index in [1.807, 2.05) is 31.2 Å². The first kappa shape index (κ1) is 17.1. The number of aromatic nitrogens is 1. The molecule has 130 valence electrons. The average Bonchev–Trinajstić information content (AvgIpc) is 2.64. The Morgan fingerprint density at radius 3 is 2.44 bits per heavy atom. The number of rotatable bonds is 4. The Hall–Kier alpha value is -2.69. The molecule has 1 aliphatic rings. The largest absolute Gasteiger partial charge is 0.348 e. The lowest BCUT2D eigenvalue weighted by Gasteiger charge is -2.22. The van der Waals surface area contributed by atoms with E-state index in [0.29, 0.717) is 5.56 Å². The number of anilines is 1. The summed E-state index contributed by atoms with van der Waals surface area (Å²) in [6.07, 6.45) is 7.06. The molecule has 0 radical (unpaired) electrons. The van der Waals surface area contributed by atoms with Crippen molar-refractivity contribution >= 4 is 17.5 Å². The van der Waals surface area contributed by atoms with Crippen LogP contribution in [0.15, 0.2) is 42.6 Å². The number of carbonyl (C=O) groups excluding carboxylic acids is 2. The van der Waals surface area contributed by atoms with Gasteiger partial charge in [0.25, 0.3) is 11.8 Å². The van der Waals surface area contributed by atoms with Crippen molar-refractivity contribution in [3.05, 3.63) is 59.4 Å². The average molecular weight is 337 g/mol. The molecule has 0 saturated heterocycles. The standard InChI is InChI=1S/C20H23N3O2/c1-14-7-9-17(10-8-14)22-19(24)15-11-12-21-18(13-15)20(25)23-16-5-3-2-4-6-16/h7-13,16H,2-6H2,1H3,(H,22,24)(H,23,25). The second-order valence-electron chi connectivity index (χ2n) is 6.56. The summed E-state index contributed by atoms with van der Waals surface area (Å²) in [5.41, 5.74) is 2.55. The van der Waals surface area contributed by atoms with Crippen LogP contribution in [0.4, 0.5) is 5.69 Å². The van der Waals surface area contributed by atoms with Crippen LogP contribution in [0.25, 0.3) is 0 Å². The number of hydrogen-bond donors (Lipinski definition) is 2. The number of pyridine rings is 1. The quantitative estimate of drug-likeness (QED) is 0.893. The predicted octanol–water partition coefficient (Wildman–Crippen LogP) is 3.70. The van der Waals surface area contributed by atoms with E-state index in [1.54, 1.807) is 12.1 Å². The highest BCUT2D eigenvalue weighted by atomic mass is 16.2. The first-order chi connectivity index (χ1) is 12.1. The third-order valence-electron chi connectivity index (χ3n) is 4.50. The summed E-state index contributed by atoms with van der Waals surface area (Å²) in [7, 11) is 0. The zero-order valence-corrected chi connectivity index (χ0v) is 14.4. The Balaban J connectivity index is 1.66. The fourth-order valence-corrected chi connectivity index (χ4v) is 3.04. The van der Waals surface area contributed by atoms with Crippen LogP contribution in [0.3, 0.4) is 0 Å². The van der Waals surface area contributed by atoms with Gasteiger partial charge >= 0.3 is 0 Å². The molecule has 2 aromatic rings. The minimum absolute atomic E-state index is 0.211. The maximum Gasteiger partial charge on any atom is 0.270 e. The van der Waals surface area contributed by atoms with Crippen molar-refractivity contribution in [1.82, 2.24) is 10.3 Å². The molecule has 1 saturated carbocycles. The monoisotopic (exact) mass is 337 g/mol. The van der Waals surface area contributed by atoms with Gasteiger partial charge in [-0.25, -0.2) is 0 Å². The number of aryl methyl sites for hydroxylation is 1. The zero-order chi connectivity index (χ0) is 17.6. The third kappa shape index (κ3) is 4.66. The Kier molecular flexibility index (Phi) is 5.43. The van der Waals surface area contributed by atoms with Gasteiger partial charge in [-0.05, 0) is 44.0 Å². The Morgan fingerprint density at radius 2 is 1.72 bits per heavy atom. The molecule has 0 bridgehead atoms. The summed E-state index contributed by atoms with van der Waals surface area (Å²) in [6.45, 7) is 1.99. The molecule has 2 N–H and O–H groups in total. The molecule has 0 atom stereocenters. The third-order valence-corrected chi connectivity index (χ3v) is 4.50. The van der Waals surface area contributed by atoms with Gasteiger partial charge in [0.1, 0.15) is 5.69 Å². The maximum atomic E-state index is 12.4. The number of hydrogen-bond acceptors (Lipinski definition) is 3. The van der Waals surface area contributed by atoms with E-state index in [4.69, 9.17) is 0 Å². The highest BCUT2D eigenvalue weighted by Gasteiger charge is 2.18. The molecule has 1 fully saturated rings. The molecule has 0 aliphatic heterocycles. The molecule has 1 aromatic carbocycles. The maximum absolute atomic E-state index is 12.4. The SMILES string of the molecule is Cc1ccc(NC(=O)c2ccnc(C(=O)NC3CCCCC3)c2)cc1. The summed E-state index contributed by atoms with van der Waals surface area (Å²) in [5, 5.41) is 5.86. The van der Waals surface area contributed by atoms with E-state index in [2.05, 4.69) is 15.6 Å². The highest BCUT2D eigenvalue weighted by Crippen LogP contribution is 2.18. The van der Waals surface area contributed by atoms with Gasteiger partial charge < -0.3 is 10.6 Å². The Bertz CT molecular complexity index is 750. The summed E-state index contributed by atoms with van der Waals surface area (Å²) in [5.74, 6) is -0.463. The molecular formula is C20H23N3O2. The summed E-state index contributed by atoms with van der Waals surface area (Å²) in [4.78, 5) is 28.9. The van der Waals surface area contributed by atoms with Gasteiger partial charge in [-0.15, -0.1) is 0 Å². The molecule has 5 nitrogen and oxygen atoms in total. The molecular weight excluding hydrogens is 314 g/mol. The fourth-order valence-electron chi connectivity index (χ4n) is 3.04. The van der Waals surface area contributed by atoms with Gasteiger partial charge in [0, 0.05) is 23.5 Å². The number of nitrogens with zero attached hydrogens (tertiary/aromatic N) is 1. The number of nitrogens with one attached hydrogen (secondary N) is 2. The van der Waals surface area contributed by atoms with Gasteiger partial charge in [0.2, 0.25) is 0 Å². The Labute approximate surface area is 147 Å². The van der Waals surface area contributed by atoms with Crippen molar-refractivity contribution in [3.63, 3.8) is 0 Å². The van der Waals surface area contributed by atoms with Crippen LogP contribution in [0.1, 0.15) is 58.5 Å². The normalized spacial score (nSPS) is 14.8. The second-order valence-corrected chi connectivity index (χ2v) is 6.56. The first-order valence-electron chi connectivity index (χ1n) is 8.77. The minimum atomic E-state index is -0.252. The van der Waals surface area contributed by atoms with Crippen LogP contribution in [-0.4, -0.2) is 22.8 Å². The summed E-state index contributed by atoms with van der Waals surface area (Å²) < 4.78 is 0. The lowest BCUT2D eigenvalue weighted by Crippen LogP contribution is -2.36. The van der Waals surface area contributed by atoms with E-state index in [-0.39, 0.29) is 23.6 Å². The van der Waals surface area contributed by atoms with E-state index in [9.17, 15) is 9.59 Å². The zero-order valence-electron chi connectivity index (χ0n) is 14.4. The number of benzene rings is 1. The summed E-state index contributed by atoms with van der Waals surface area (Å²) >= 11 is 0. The fraction of sp³-hybridized carbons (Fsp3) is 0.350. The van der Waals surface area contributed by atoms with E-state index in [0.717, 1.165) is 36.9 Å². The van der Waals surface area contributed by atoms with Crippen molar-refractivity contribution in [2.24, 2.45) is 0 Å². The molecule has 1 heterocycles. The molecule has 3 rings (SSSR count). The van der Waals surface area contributed by atoms with E-state index >= 15 is 0 Å². The molecule has 1 aromatic heterocycles. The van der Waals surface area contributed by atoms with Crippen molar-refractivity contribution < 1.29 is 9.59 Å².